The van der Waals surface area contributed by atoms with Crippen molar-refractivity contribution >= 4 is 51.8 Å². The molecule has 3 aromatic carbocycles. The number of nitrogens with one attached hydrogen (secondary N) is 2. The van der Waals surface area contributed by atoms with E-state index in [1.54, 1.807) is 25.1 Å². The SMILES string of the molecule is CC1(c2ccc3ccccc3c2)NC(=O)N(CC(=O)NCc2ccc(Cl)cc2Cl)C1=O. The molecule has 6 nitrogen and oxygen atoms in total. The number of rotatable bonds is 5. The third-order valence-corrected chi connectivity index (χ3v) is 5.98. The molecular formula is C23H19Cl2N3O3. The smallest absolute Gasteiger partial charge is 0.325 e. The molecule has 0 radical (unpaired) electrons. The maximum atomic E-state index is 13.1. The van der Waals surface area contributed by atoms with Gasteiger partial charge in [-0.2, -0.15) is 0 Å². The molecule has 4 rings (SSSR count). The van der Waals surface area contributed by atoms with Crippen LogP contribution >= 0.6 is 23.2 Å². The molecule has 31 heavy (non-hydrogen) atoms. The number of urea groups is 1. The number of benzene rings is 3. The van der Waals surface area contributed by atoms with Gasteiger partial charge in [0.25, 0.3) is 5.91 Å². The minimum absolute atomic E-state index is 0.153. The number of imide groups is 1. The molecule has 2 N–H and O–H groups in total. The van der Waals surface area contributed by atoms with Crippen LogP contribution in [0.25, 0.3) is 10.8 Å². The second kappa shape index (κ2) is 8.21. The van der Waals surface area contributed by atoms with Crippen LogP contribution in [0.1, 0.15) is 18.1 Å². The van der Waals surface area contributed by atoms with Gasteiger partial charge in [0.2, 0.25) is 5.91 Å². The predicted molar refractivity (Wildman–Crippen MR) is 120 cm³/mol. The lowest BCUT2D eigenvalue weighted by Gasteiger charge is -2.22. The lowest BCUT2D eigenvalue weighted by molar-refractivity contribution is -0.134. The fourth-order valence-electron chi connectivity index (χ4n) is 3.59. The van der Waals surface area contributed by atoms with E-state index in [1.165, 1.54) is 0 Å². The molecule has 4 amide bonds. The standard InChI is InChI=1S/C23H19Cl2N3O3/c1-23(17-8-6-14-4-2-3-5-15(14)10-17)21(30)28(22(31)27-23)13-20(29)26-12-16-7-9-18(24)11-19(16)25/h2-11H,12-13H2,1H3,(H,26,29)(H,27,31). The van der Waals surface area contributed by atoms with Crippen LogP contribution in [0.3, 0.4) is 0 Å². The van der Waals surface area contributed by atoms with Crippen molar-refractivity contribution in [2.45, 2.75) is 19.0 Å². The lowest BCUT2D eigenvalue weighted by Crippen LogP contribution is -2.43. The van der Waals surface area contributed by atoms with E-state index in [0.717, 1.165) is 15.7 Å². The van der Waals surface area contributed by atoms with Crippen molar-refractivity contribution in [2.24, 2.45) is 0 Å². The quantitative estimate of drug-likeness (QED) is 0.564. The van der Waals surface area contributed by atoms with Crippen molar-refractivity contribution in [3.8, 4) is 0 Å². The summed E-state index contributed by atoms with van der Waals surface area (Å²) < 4.78 is 0. The monoisotopic (exact) mass is 455 g/mol. The molecule has 0 saturated carbocycles. The fourth-order valence-corrected chi connectivity index (χ4v) is 4.07. The number of carbonyl (C=O) groups excluding carboxylic acids is 3. The number of nitrogens with zero attached hydrogens (tertiary/aromatic N) is 1. The van der Waals surface area contributed by atoms with Gasteiger partial charge < -0.3 is 10.6 Å². The first-order valence-electron chi connectivity index (χ1n) is 9.62. The third kappa shape index (κ3) is 4.09. The topological polar surface area (TPSA) is 78.5 Å². The summed E-state index contributed by atoms with van der Waals surface area (Å²) in [6, 6.07) is 17.7. The molecule has 0 spiro atoms. The Morgan fingerprint density at radius 2 is 1.77 bits per heavy atom. The number of hydrogen-bond donors (Lipinski definition) is 2. The molecule has 0 aromatic heterocycles. The molecule has 1 unspecified atom stereocenters. The maximum absolute atomic E-state index is 13.1. The average Bonchev–Trinajstić information content (AvgIpc) is 2.96. The Bertz CT molecular complexity index is 1210. The minimum atomic E-state index is -1.25. The molecule has 3 aromatic rings. The van der Waals surface area contributed by atoms with Crippen molar-refractivity contribution in [2.75, 3.05) is 6.54 Å². The number of carbonyl (C=O) groups is 3. The van der Waals surface area contributed by atoms with Crippen molar-refractivity contribution in [3.05, 3.63) is 81.8 Å². The summed E-state index contributed by atoms with van der Waals surface area (Å²) in [5.74, 6) is -0.954. The summed E-state index contributed by atoms with van der Waals surface area (Å²) in [5, 5.41) is 8.31. The number of hydrogen-bond acceptors (Lipinski definition) is 3. The Kier molecular flexibility index (Phi) is 5.60. The van der Waals surface area contributed by atoms with E-state index >= 15 is 0 Å². The Morgan fingerprint density at radius 1 is 1.03 bits per heavy atom. The second-order valence-corrected chi connectivity index (χ2v) is 8.36. The van der Waals surface area contributed by atoms with Crippen LogP contribution in [0.2, 0.25) is 10.0 Å². The lowest BCUT2D eigenvalue weighted by atomic mass is 9.90. The number of amides is 4. The molecule has 1 atom stereocenters. The van der Waals surface area contributed by atoms with E-state index in [-0.39, 0.29) is 13.1 Å². The summed E-state index contributed by atoms with van der Waals surface area (Å²) in [6.45, 7) is 1.40. The van der Waals surface area contributed by atoms with Crippen molar-refractivity contribution in [3.63, 3.8) is 0 Å². The third-order valence-electron chi connectivity index (χ3n) is 5.39. The first-order chi connectivity index (χ1) is 14.8. The Labute approximate surface area is 189 Å². The van der Waals surface area contributed by atoms with Crippen molar-refractivity contribution < 1.29 is 14.4 Å². The Morgan fingerprint density at radius 3 is 2.52 bits per heavy atom. The summed E-state index contributed by atoms with van der Waals surface area (Å²) >= 11 is 12.0. The van der Waals surface area contributed by atoms with Gasteiger partial charge in [0.1, 0.15) is 12.1 Å². The van der Waals surface area contributed by atoms with Gasteiger partial charge >= 0.3 is 6.03 Å². The van der Waals surface area contributed by atoms with Crippen LogP contribution in [0.5, 0.6) is 0 Å². The van der Waals surface area contributed by atoms with E-state index in [2.05, 4.69) is 10.6 Å². The van der Waals surface area contributed by atoms with Gasteiger partial charge in [-0.1, -0.05) is 65.7 Å². The molecule has 1 saturated heterocycles. The average molecular weight is 456 g/mol. The normalized spacial score (nSPS) is 18.4. The molecule has 1 aliphatic rings. The van der Waals surface area contributed by atoms with Crippen LogP contribution in [0.15, 0.2) is 60.7 Å². The molecule has 1 fully saturated rings. The maximum Gasteiger partial charge on any atom is 0.325 e. The minimum Gasteiger partial charge on any atom is -0.350 e. The van der Waals surface area contributed by atoms with Gasteiger partial charge in [0, 0.05) is 16.6 Å². The largest absolute Gasteiger partial charge is 0.350 e. The number of halogens is 2. The van der Waals surface area contributed by atoms with E-state index in [4.69, 9.17) is 23.2 Å². The van der Waals surface area contributed by atoms with Gasteiger partial charge in [-0.3, -0.25) is 14.5 Å². The van der Waals surface area contributed by atoms with Gasteiger partial charge in [0.15, 0.2) is 0 Å². The van der Waals surface area contributed by atoms with Crippen LogP contribution in [-0.4, -0.2) is 29.3 Å². The van der Waals surface area contributed by atoms with E-state index < -0.39 is 23.4 Å². The van der Waals surface area contributed by atoms with E-state index in [1.807, 2.05) is 42.5 Å². The highest BCUT2D eigenvalue weighted by molar-refractivity contribution is 6.35. The summed E-state index contributed by atoms with van der Waals surface area (Å²) in [7, 11) is 0. The van der Waals surface area contributed by atoms with Crippen LogP contribution in [0.4, 0.5) is 4.79 Å². The summed E-state index contributed by atoms with van der Waals surface area (Å²) in [5.41, 5.74) is 0.0824. The van der Waals surface area contributed by atoms with Crippen LogP contribution < -0.4 is 10.6 Å². The molecule has 8 heteroatoms. The molecular weight excluding hydrogens is 437 g/mol. The zero-order valence-electron chi connectivity index (χ0n) is 16.6. The van der Waals surface area contributed by atoms with Crippen LogP contribution in [0, 0.1) is 0 Å². The van der Waals surface area contributed by atoms with E-state index in [9.17, 15) is 14.4 Å². The first kappa shape index (κ1) is 21.2. The Balaban J connectivity index is 1.47. The zero-order valence-corrected chi connectivity index (χ0v) is 18.1. The van der Waals surface area contributed by atoms with E-state index in [0.29, 0.717) is 21.2 Å². The molecule has 158 valence electrons. The first-order valence-corrected chi connectivity index (χ1v) is 10.4. The fraction of sp³-hybridized carbons (Fsp3) is 0.174. The van der Waals surface area contributed by atoms with Crippen molar-refractivity contribution in [1.29, 1.82) is 0 Å². The molecule has 0 bridgehead atoms. The highest BCUT2D eigenvalue weighted by Gasteiger charge is 2.49. The van der Waals surface area contributed by atoms with Crippen molar-refractivity contribution in [1.82, 2.24) is 15.5 Å². The van der Waals surface area contributed by atoms with Gasteiger partial charge in [-0.05, 0) is 47.0 Å². The predicted octanol–water partition coefficient (Wildman–Crippen LogP) is 4.23. The van der Waals surface area contributed by atoms with Crippen LogP contribution in [-0.2, 0) is 21.7 Å². The Hall–Kier alpha value is -3.09. The number of fused-ring (bicyclic) bond motifs is 1. The summed E-state index contributed by atoms with van der Waals surface area (Å²) in [6.07, 6.45) is 0. The van der Waals surface area contributed by atoms with Gasteiger partial charge in [-0.15, -0.1) is 0 Å². The molecule has 1 heterocycles. The van der Waals surface area contributed by atoms with Gasteiger partial charge in [-0.25, -0.2) is 4.79 Å². The second-order valence-electron chi connectivity index (χ2n) is 7.52. The zero-order chi connectivity index (χ0) is 22.2. The highest BCUT2D eigenvalue weighted by Crippen LogP contribution is 2.31. The highest BCUT2D eigenvalue weighted by atomic mass is 35.5. The molecule has 0 aliphatic carbocycles. The van der Waals surface area contributed by atoms with Gasteiger partial charge in [0.05, 0.1) is 0 Å². The summed E-state index contributed by atoms with van der Waals surface area (Å²) in [4.78, 5) is 39.0. The molecule has 1 aliphatic heterocycles.